The number of benzene rings is 1. The Bertz CT molecular complexity index is 308. The van der Waals surface area contributed by atoms with Crippen LogP contribution in [-0.4, -0.2) is 20.2 Å². The molecule has 0 heterocycles. The zero-order valence-corrected chi connectivity index (χ0v) is 13.2. The second-order valence-corrected chi connectivity index (χ2v) is 11.2. The Morgan fingerprint density at radius 1 is 1.18 bits per heavy atom. The van der Waals surface area contributed by atoms with Crippen molar-refractivity contribution in [3.8, 4) is 0 Å². The number of rotatable bonds is 7. The second kappa shape index (κ2) is 7.24. The summed E-state index contributed by atoms with van der Waals surface area (Å²) < 4.78 is 6.03. The summed E-state index contributed by atoms with van der Waals surface area (Å²) in [5, 5.41) is 0.592. The van der Waals surface area contributed by atoms with Gasteiger partial charge in [0.15, 0.2) is 8.32 Å². The summed E-state index contributed by atoms with van der Waals surface area (Å²) in [6.45, 7) is 9.89. The van der Waals surface area contributed by atoms with Crippen LogP contribution in [0.1, 0.15) is 19.8 Å². The summed E-state index contributed by atoms with van der Waals surface area (Å²) in [5.41, 5.74) is 0. The van der Waals surface area contributed by atoms with Gasteiger partial charge in [-0.3, -0.25) is 0 Å². The molecule has 3 heteroatoms. The highest BCUT2D eigenvalue weighted by Gasteiger charge is 2.18. The quantitative estimate of drug-likeness (QED) is 0.519. The maximum atomic E-state index is 6.03. The maximum absolute atomic E-state index is 6.03. The normalized spacial score (nSPS) is 13.6. The minimum absolute atomic E-state index is 0.592. The number of thioether (sulfide) groups is 1. The summed E-state index contributed by atoms with van der Waals surface area (Å²) >= 11 is 1.95. The molecule has 17 heavy (non-hydrogen) atoms. The van der Waals surface area contributed by atoms with Crippen molar-refractivity contribution in [2.24, 2.45) is 0 Å². The second-order valence-electron chi connectivity index (χ2n) is 5.26. The summed E-state index contributed by atoms with van der Waals surface area (Å²) in [4.78, 5) is 1.35. The third-order valence-electron chi connectivity index (χ3n) is 2.36. The molecule has 0 fully saturated rings. The average Bonchev–Trinajstić information content (AvgIpc) is 2.27. The topological polar surface area (TPSA) is 9.23 Å². The Kier molecular flexibility index (Phi) is 6.31. The molecule has 0 N–H and O–H groups in total. The molecule has 1 nitrogen and oxygen atoms in total. The molecule has 1 rings (SSSR count). The summed E-state index contributed by atoms with van der Waals surface area (Å²) in [7, 11) is -1.38. The van der Waals surface area contributed by atoms with Crippen molar-refractivity contribution < 1.29 is 4.43 Å². The van der Waals surface area contributed by atoms with Crippen LogP contribution in [0.5, 0.6) is 0 Å². The Balaban J connectivity index is 2.49. The van der Waals surface area contributed by atoms with Gasteiger partial charge in [0.25, 0.3) is 0 Å². The molecule has 0 aliphatic rings. The van der Waals surface area contributed by atoms with E-state index in [4.69, 9.17) is 4.43 Å². The van der Waals surface area contributed by atoms with Crippen LogP contribution in [0.15, 0.2) is 35.2 Å². The van der Waals surface area contributed by atoms with Gasteiger partial charge in [-0.15, -0.1) is 11.8 Å². The highest BCUT2D eigenvalue weighted by molar-refractivity contribution is 8.00. The fraction of sp³-hybridized carbons (Fsp3) is 0.571. The minimum Gasteiger partial charge on any atom is -0.416 e. The summed E-state index contributed by atoms with van der Waals surface area (Å²) in [6.07, 6.45) is 2.45. The molecule has 0 amide bonds. The van der Waals surface area contributed by atoms with E-state index in [0.29, 0.717) is 5.25 Å². The predicted octanol–water partition coefficient (Wildman–Crippen LogP) is 4.80. The van der Waals surface area contributed by atoms with E-state index in [2.05, 4.69) is 56.9 Å². The van der Waals surface area contributed by atoms with Crippen LogP contribution in [0.2, 0.25) is 19.6 Å². The van der Waals surface area contributed by atoms with E-state index in [1.54, 1.807) is 0 Å². The standard InChI is InChI=1S/C14H24OSSi/c1-5-9-14(12-15-17(2,3)4)16-13-10-7-6-8-11-13/h6-8,10-11,14H,5,9,12H2,1-4H3. The molecule has 1 aromatic carbocycles. The van der Waals surface area contributed by atoms with Crippen LogP contribution in [0.4, 0.5) is 0 Å². The molecule has 1 atom stereocenters. The van der Waals surface area contributed by atoms with E-state index in [1.165, 1.54) is 17.7 Å². The Morgan fingerprint density at radius 2 is 1.82 bits per heavy atom. The highest BCUT2D eigenvalue weighted by Crippen LogP contribution is 2.26. The van der Waals surface area contributed by atoms with E-state index in [0.717, 1.165) is 6.61 Å². The van der Waals surface area contributed by atoms with Gasteiger partial charge in [-0.2, -0.15) is 0 Å². The lowest BCUT2D eigenvalue weighted by atomic mass is 10.2. The Hall–Kier alpha value is -0.253. The molecule has 0 aliphatic carbocycles. The molecule has 0 aromatic heterocycles. The van der Waals surface area contributed by atoms with E-state index in [1.807, 2.05) is 11.8 Å². The third kappa shape index (κ3) is 6.91. The van der Waals surface area contributed by atoms with E-state index in [9.17, 15) is 0 Å². The van der Waals surface area contributed by atoms with Crippen molar-refractivity contribution in [2.45, 2.75) is 49.6 Å². The first kappa shape index (κ1) is 14.8. The molecule has 1 aromatic rings. The maximum Gasteiger partial charge on any atom is 0.183 e. The van der Waals surface area contributed by atoms with Gasteiger partial charge in [0, 0.05) is 16.8 Å². The van der Waals surface area contributed by atoms with Gasteiger partial charge in [-0.1, -0.05) is 31.5 Å². The van der Waals surface area contributed by atoms with Crippen molar-refractivity contribution >= 4 is 20.1 Å². The third-order valence-corrected chi connectivity index (χ3v) is 4.64. The Labute approximate surface area is 111 Å². The Morgan fingerprint density at radius 3 is 2.35 bits per heavy atom. The number of hydrogen-bond acceptors (Lipinski definition) is 2. The van der Waals surface area contributed by atoms with Crippen LogP contribution in [0, 0.1) is 0 Å². The molecule has 0 spiro atoms. The predicted molar refractivity (Wildman–Crippen MR) is 80.3 cm³/mol. The molecule has 96 valence electrons. The highest BCUT2D eigenvalue weighted by atomic mass is 32.2. The fourth-order valence-corrected chi connectivity index (χ4v) is 3.54. The lowest BCUT2D eigenvalue weighted by Crippen LogP contribution is -2.29. The largest absolute Gasteiger partial charge is 0.416 e. The molecule has 0 bridgehead atoms. The monoisotopic (exact) mass is 268 g/mol. The molecule has 0 saturated heterocycles. The van der Waals surface area contributed by atoms with Gasteiger partial charge in [0.1, 0.15) is 0 Å². The SMILES string of the molecule is CCCC(CO[Si](C)(C)C)Sc1ccccc1. The number of hydrogen-bond donors (Lipinski definition) is 0. The lowest BCUT2D eigenvalue weighted by Gasteiger charge is -2.22. The van der Waals surface area contributed by atoms with Crippen molar-refractivity contribution in [1.29, 1.82) is 0 Å². The van der Waals surface area contributed by atoms with Crippen molar-refractivity contribution in [2.75, 3.05) is 6.61 Å². The van der Waals surface area contributed by atoms with Gasteiger partial charge in [0.2, 0.25) is 0 Å². The van der Waals surface area contributed by atoms with E-state index >= 15 is 0 Å². The summed E-state index contributed by atoms with van der Waals surface area (Å²) in [5.74, 6) is 0. The van der Waals surface area contributed by atoms with Crippen LogP contribution in [0.3, 0.4) is 0 Å². The van der Waals surface area contributed by atoms with Crippen molar-refractivity contribution in [3.63, 3.8) is 0 Å². The molecular weight excluding hydrogens is 244 g/mol. The first-order chi connectivity index (χ1) is 8.01. The zero-order valence-electron chi connectivity index (χ0n) is 11.4. The first-order valence-electron chi connectivity index (χ1n) is 6.37. The molecule has 0 radical (unpaired) electrons. The fourth-order valence-electron chi connectivity index (χ4n) is 1.53. The van der Waals surface area contributed by atoms with Gasteiger partial charge < -0.3 is 4.43 Å². The van der Waals surface area contributed by atoms with Crippen molar-refractivity contribution in [1.82, 2.24) is 0 Å². The van der Waals surface area contributed by atoms with E-state index < -0.39 is 8.32 Å². The van der Waals surface area contributed by atoms with Gasteiger partial charge in [0.05, 0.1) is 0 Å². The molecule has 0 saturated carbocycles. The summed E-state index contributed by atoms with van der Waals surface area (Å²) in [6, 6.07) is 10.6. The van der Waals surface area contributed by atoms with Crippen LogP contribution < -0.4 is 0 Å². The molecule has 0 aliphatic heterocycles. The minimum atomic E-state index is -1.38. The van der Waals surface area contributed by atoms with Crippen LogP contribution in [-0.2, 0) is 4.43 Å². The van der Waals surface area contributed by atoms with E-state index in [-0.39, 0.29) is 0 Å². The van der Waals surface area contributed by atoms with Gasteiger partial charge >= 0.3 is 0 Å². The van der Waals surface area contributed by atoms with Crippen LogP contribution in [0.25, 0.3) is 0 Å². The molecular formula is C14H24OSSi. The smallest absolute Gasteiger partial charge is 0.183 e. The van der Waals surface area contributed by atoms with Gasteiger partial charge in [-0.05, 0) is 38.2 Å². The first-order valence-corrected chi connectivity index (χ1v) is 10.7. The van der Waals surface area contributed by atoms with Gasteiger partial charge in [-0.25, -0.2) is 0 Å². The lowest BCUT2D eigenvalue weighted by molar-refractivity contribution is 0.306. The van der Waals surface area contributed by atoms with Crippen LogP contribution >= 0.6 is 11.8 Å². The van der Waals surface area contributed by atoms with Crippen molar-refractivity contribution in [3.05, 3.63) is 30.3 Å². The zero-order chi connectivity index (χ0) is 12.7. The average molecular weight is 268 g/mol. The molecule has 1 unspecified atom stereocenters.